The molecule has 0 N–H and O–H groups in total. The van der Waals surface area contributed by atoms with E-state index in [9.17, 15) is 10.1 Å². The molecule has 6 nitrogen and oxygen atoms in total. The van der Waals surface area contributed by atoms with Crippen LogP contribution in [-0.2, 0) is 11.3 Å². The average molecular weight is 227 g/mol. The van der Waals surface area contributed by atoms with Crippen LogP contribution in [0.2, 0.25) is 0 Å². The van der Waals surface area contributed by atoms with Crippen LogP contribution in [-0.4, -0.2) is 26.3 Å². The monoisotopic (exact) mass is 227 g/mol. The van der Waals surface area contributed by atoms with E-state index >= 15 is 0 Å². The van der Waals surface area contributed by atoms with Crippen molar-refractivity contribution in [3.05, 3.63) is 27.8 Å². The van der Waals surface area contributed by atoms with Gasteiger partial charge in [0.15, 0.2) is 11.5 Å². The van der Waals surface area contributed by atoms with E-state index in [0.29, 0.717) is 17.1 Å². The van der Waals surface area contributed by atoms with E-state index in [4.69, 9.17) is 14.2 Å². The lowest BCUT2D eigenvalue weighted by atomic mass is 10.1. The van der Waals surface area contributed by atoms with Crippen LogP contribution in [0.4, 0.5) is 5.69 Å². The first kappa shape index (κ1) is 12.3. The van der Waals surface area contributed by atoms with Crippen molar-refractivity contribution >= 4 is 5.69 Å². The third-order valence-electron chi connectivity index (χ3n) is 2.08. The molecule has 0 aliphatic heterocycles. The molecule has 1 rings (SSSR count). The predicted molar refractivity (Wildman–Crippen MR) is 56.9 cm³/mol. The highest BCUT2D eigenvalue weighted by atomic mass is 16.6. The first-order valence-electron chi connectivity index (χ1n) is 4.52. The Morgan fingerprint density at radius 3 is 2.19 bits per heavy atom. The van der Waals surface area contributed by atoms with Gasteiger partial charge in [0.05, 0.1) is 37.4 Å². The highest BCUT2D eigenvalue weighted by Gasteiger charge is 2.18. The smallest absolute Gasteiger partial charge is 0.278 e. The van der Waals surface area contributed by atoms with Gasteiger partial charge in [-0.2, -0.15) is 0 Å². The highest BCUT2D eigenvalue weighted by molar-refractivity contribution is 5.54. The lowest BCUT2D eigenvalue weighted by Gasteiger charge is -2.09. The largest absolute Gasteiger partial charge is 0.493 e. The van der Waals surface area contributed by atoms with Gasteiger partial charge in [-0.1, -0.05) is 0 Å². The minimum atomic E-state index is -0.476. The lowest BCUT2D eigenvalue weighted by molar-refractivity contribution is -0.386. The summed E-state index contributed by atoms with van der Waals surface area (Å²) in [5.41, 5.74) is 0.407. The molecule has 0 heterocycles. The number of hydrogen-bond donors (Lipinski definition) is 0. The van der Waals surface area contributed by atoms with E-state index < -0.39 is 4.92 Å². The molecule has 0 amide bonds. The maximum absolute atomic E-state index is 10.8. The quantitative estimate of drug-likeness (QED) is 0.566. The number of nitro groups is 1. The van der Waals surface area contributed by atoms with Gasteiger partial charge >= 0.3 is 0 Å². The van der Waals surface area contributed by atoms with Crippen molar-refractivity contribution < 1.29 is 19.1 Å². The van der Waals surface area contributed by atoms with Gasteiger partial charge in [-0.05, 0) is 6.07 Å². The SMILES string of the molecule is COCc1cc(OC)c(OC)cc1[N+](=O)[O-]. The zero-order valence-electron chi connectivity index (χ0n) is 9.35. The molecule has 1 aromatic carbocycles. The molecule has 0 bridgehead atoms. The van der Waals surface area contributed by atoms with Gasteiger partial charge in [-0.3, -0.25) is 10.1 Å². The first-order chi connectivity index (χ1) is 7.63. The predicted octanol–water partition coefficient (Wildman–Crippen LogP) is 1.76. The molecule has 0 atom stereocenters. The number of benzene rings is 1. The van der Waals surface area contributed by atoms with E-state index in [-0.39, 0.29) is 12.3 Å². The first-order valence-corrected chi connectivity index (χ1v) is 4.52. The molecule has 0 fully saturated rings. The number of methoxy groups -OCH3 is 3. The van der Waals surface area contributed by atoms with Crippen LogP contribution in [0.1, 0.15) is 5.56 Å². The van der Waals surface area contributed by atoms with Gasteiger partial charge in [-0.25, -0.2) is 0 Å². The Hall–Kier alpha value is -1.82. The molecule has 1 aromatic rings. The van der Waals surface area contributed by atoms with Gasteiger partial charge in [-0.15, -0.1) is 0 Å². The Bertz CT molecular complexity index is 391. The molecule has 0 saturated heterocycles. The topological polar surface area (TPSA) is 70.8 Å². The number of nitrogens with zero attached hydrogens (tertiary/aromatic N) is 1. The van der Waals surface area contributed by atoms with Crippen LogP contribution in [0.25, 0.3) is 0 Å². The van der Waals surface area contributed by atoms with Crippen molar-refractivity contribution in [2.75, 3.05) is 21.3 Å². The fraction of sp³-hybridized carbons (Fsp3) is 0.400. The zero-order valence-corrected chi connectivity index (χ0v) is 9.35. The minimum absolute atomic E-state index is 0.0421. The van der Waals surface area contributed by atoms with E-state index in [1.54, 1.807) is 6.07 Å². The minimum Gasteiger partial charge on any atom is -0.493 e. The van der Waals surface area contributed by atoms with Crippen molar-refractivity contribution in [3.8, 4) is 11.5 Å². The molecular weight excluding hydrogens is 214 g/mol. The van der Waals surface area contributed by atoms with Crippen molar-refractivity contribution in [2.24, 2.45) is 0 Å². The zero-order chi connectivity index (χ0) is 12.1. The molecule has 16 heavy (non-hydrogen) atoms. The van der Waals surface area contributed by atoms with Crippen molar-refractivity contribution in [1.29, 1.82) is 0 Å². The highest BCUT2D eigenvalue weighted by Crippen LogP contribution is 2.34. The number of ether oxygens (including phenoxy) is 3. The lowest BCUT2D eigenvalue weighted by Crippen LogP contribution is -2.00. The van der Waals surface area contributed by atoms with E-state index in [1.807, 2.05) is 0 Å². The van der Waals surface area contributed by atoms with Gasteiger partial charge < -0.3 is 14.2 Å². The Morgan fingerprint density at radius 1 is 1.19 bits per heavy atom. The van der Waals surface area contributed by atoms with Crippen LogP contribution < -0.4 is 9.47 Å². The van der Waals surface area contributed by atoms with Crippen LogP contribution in [0.3, 0.4) is 0 Å². The average Bonchev–Trinajstić information content (AvgIpc) is 2.28. The van der Waals surface area contributed by atoms with Crippen LogP contribution in [0.15, 0.2) is 12.1 Å². The summed E-state index contributed by atoms with van der Waals surface area (Å²) in [5.74, 6) is 0.772. The second-order valence-electron chi connectivity index (χ2n) is 3.03. The molecule has 0 radical (unpaired) electrons. The molecule has 0 unspecified atom stereocenters. The Morgan fingerprint density at radius 2 is 1.75 bits per heavy atom. The molecule has 0 saturated carbocycles. The van der Waals surface area contributed by atoms with Crippen molar-refractivity contribution in [1.82, 2.24) is 0 Å². The summed E-state index contributed by atoms with van der Waals surface area (Å²) in [5, 5.41) is 10.8. The van der Waals surface area contributed by atoms with Gasteiger partial charge in [0.1, 0.15) is 0 Å². The van der Waals surface area contributed by atoms with E-state index in [2.05, 4.69) is 0 Å². The van der Waals surface area contributed by atoms with Gasteiger partial charge in [0.2, 0.25) is 0 Å². The second-order valence-corrected chi connectivity index (χ2v) is 3.03. The van der Waals surface area contributed by atoms with Gasteiger partial charge in [0, 0.05) is 7.11 Å². The summed E-state index contributed by atoms with van der Waals surface area (Å²) in [6.45, 7) is 0.149. The third-order valence-corrected chi connectivity index (χ3v) is 2.08. The third kappa shape index (κ3) is 2.40. The van der Waals surface area contributed by atoms with Gasteiger partial charge in [0.25, 0.3) is 5.69 Å². The van der Waals surface area contributed by atoms with Crippen LogP contribution in [0.5, 0.6) is 11.5 Å². The summed E-state index contributed by atoms with van der Waals surface area (Å²) in [6, 6.07) is 2.87. The summed E-state index contributed by atoms with van der Waals surface area (Å²) in [6.07, 6.45) is 0. The molecule has 6 heteroatoms. The summed E-state index contributed by atoms with van der Waals surface area (Å²) in [4.78, 5) is 10.3. The normalized spacial score (nSPS) is 9.94. The number of rotatable bonds is 5. The maximum atomic E-state index is 10.8. The molecule has 0 aliphatic rings. The van der Waals surface area contributed by atoms with Crippen LogP contribution in [0, 0.1) is 10.1 Å². The van der Waals surface area contributed by atoms with Crippen LogP contribution >= 0.6 is 0 Å². The molecule has 0 aliphatic carbocycles. The summed E-state index contributed by atoms with van der Waals surface area (Å²) < 4.78 is 14.9. The van der Waals surface area contributed by atoms with Crippen molar-refractivity contribution in [3.63, 3.8) is 0 Å². The Kier molecular flexibility index (Phi) is 4.07. The Labute approximate surface area is 92.9 Å². The fourth-order valence-electron chi connectivity index (χ4n) is 1.35. The summed E-state index contributed by atoms with van der Waals surface area (Å²) >= 11 is 0. The van der Waals surface area contributed by atoms with E-state index in [0.717, 1.165) is 0 Å². The maximum Gasteiger partial charge on any atom is 0.278 e. The Balaban J connectivity index is 3.29. The molecule has 0 aromatic heterocycles. The second kappa shape index (κ2) is 5.32. The summed E-state index contributed by atoms with van der Waals surface area (Å²) in [7, 11) is 4.37. The van der Waals surface area contributed by atoms with E-state index in [1.165, 1.54) is 27.4 Å². The fourth-order valence-corrected chi connectivity index (χ4v) is 1.35. The number of hydrogen-bond acceptors (Lipinski definition) is 5. The molecule has 0 spiro atoms. The number of nitro benzene ring substituents is 1. The standard InChI is InChI=1S/C10H13NO5/c1-14-6-7-4-9(15-2)10(16-3)5-8(7)11(12)13/h4-5H,6H2,1-3H3. The molecular formula is C10H13NO5. The van der Waals surface area contributed by atoms with Crippen molar-refractivity contribution in [2.45, 2.75) is 6.61 Å². The molecule has 88 valence electrons.